The fourth-order valence-electron chi connectivity index (χ4n) is 2.29. The molecule has 0 bridgehead atoms. The van der Waals surface area contributed by atoms with Crippen LogP contribution in [-0.2, 0) is 16.6 Å². The van der Waals surface area contributed by atoms with Crippen LogP contribution < -0.4 is 21.3 Å². The molecule has 2 rings (SSSR count). The number of benzene rings is 1. The highest BCUT2D eigenvalue weighted by Crippen LogP contribution is 2.31. The third kappa shape index (κ3) is 4.87. The number of aromatic nitrogens is 2. The number of ether oxygens (including phenoxy) is 2. The van der Waals surface area contributed by atoms with Crippen LogP contribution >= 0.6 is 0 Å². The van der Waals surface area contributed by atoms with Gasteiger partial charge in [0.15, 0.2) is 5.75 Å². The number of hydrogen-bond acceptors (Lipinski definition) is 6. The molecule has 1 amide bonds. The molecule has 0 radical (unpaired) electrons. The Morgan fingerprint density at radius 3 is 2.43 bits per heavy atom. The van der Waals surface area contributed by atoms with Crippen LogP contribution in [0.4, 0.5) is 10.5 Å². The van der Waals surface area contributed by atoms with E-state index in [-0.39, 0.29) is 23.5 Å². The Labute approximate surface area is 161 Å². The van der Waals surface area contributed by atoms with Gasteiger partial charge in [0.25, 0.3) is 5.56 Å². The second-order valence-electron chi connectivity index (χ2n) is 6.99. The lowest BCUT2D eigenvalue weighted by atomic mass is 10.2. The van der Waals surface area contributed by atoms with Gasteiger partial charge in [-0.25, -0.2) is 14.2 Å². The van der Waals surface area contributed by atoms with Crippen LogP contribution in [0.3, 0.4) is 0 Å². The standard InChI is InChI=1S/C19H23N3O6/c1-6-15(24)27-16-12(20-17(25)28-19(2,3)4)8-7-9-13(16)22-14(23)10-11-21(5)18(22)26/h7-11H,6H2,1-5H3,(H,20,25). The SMILES string of the molecule is CCC(=O)Oc1c(NC(=O)OC(C)(C)C)cccc1-n1c(=O)ccn(C)c1=O. The maximum atomic E-state index is 12.5. The fraction of sp³-hybridized carbons (Fsp3) is 0.368. The maximum absolute atomic E-state index is 12.5. The van der Waals surface area contributed by atoms with Gasteiger partial charge in [0, 0.05) is 25.7 Å². The molecule has 0 aliphatic rings. The summed E-state index contributed by atoms with van der Waals surface area (Å²) in [5, 5.41) is 2.50. The minimum Gasteiger partial charge on any atom is -0.444 e. The second kappa shape index (κ2) is 8.12. The van der Waals surface area contributed by atoms with Crippen molar-refractivity contribution in [2.45, 2.75) is 39.7 Å². The topological polar surface area (TPSA) is 109 Å². The average molecular weight is 389 g/mol. The molecule has 0 fully saturated rings. The molecule has 1 aromatic carbocycles. The van der Waals surface area contributed by atoms with Crippen molar-refractivity contribution in [2.75, 3.05) is 5.32 Å². The molecule has 150 valence electrons. The van der Waals surface area contributed by atoms with Crippen molar-refractivity contribution in [3.05, 3.63) is 51.3 Å². The normalized spacial score (nSPS) is 11.0. The van der Waals surface area contributed by atoms with Crippen molar-refractivity contribution in [1.29, 1.82) is 0 Å². The Balaban J connectivity index is 2.63. The lowest BCUT2D eigenvalue weighted by Crippen LogP contribution is -2.37. The molecule has 9 heteroatoms. The van der Waals surface area contributed by atoms with E-state index in [0.29, 0.717) is 0 Å². The third-order valence-electron chi connectivity index (χ3n) is 3.53. The van der Waals surface area contributed by atoms with Crippen molar-refractivity contribution < 1.29 is 19.1 Å². The second-order valence-corrected chi connectivity index (χ2v) is 6.99. The van der Waals surface area contributed by atoms with Crippen LogP contribution in [-0.4, -0.2) is 26.8 Å². The molecule has 0 unspecified atom stereocenters. The zero-order valence-electron chi connectivity index (χ0n) is 16.4. The quantitative estimate of drug-likeness (QED) is 0.634. The lowest BCUT2D eigenvalue weighted by Gasteiger charge is -2.21. The summed E-state index contributed by atoms with van der Waals surface area (Å²) in [4.78, 5) is 48.9. The number of esters is 1. The first-order valence-electron chi connectivity index (χ1n) is 8.66. The van der Waals surface area contributed by atoms with E-state index in [9.17, 15) is 19.2 Å². The molecule has 28 heavy (non-hydrogen) atoms. The van der Waals surface area contributed by atoms with Crippen molar-refractivity contribution in [2.24, 2.45) is 7.05 Å². The van der Waals surface area contributed by atoms with Crippen molar-refractivity contribution in [1.82, 2.24) is 9.13 Å². The van der Waals surface area contributed by atoms with E-state index in [4.69, 9.17) is 9.47 Å². The highest BCUT2D eigenvalue weighted by atomic mass is 16.6. The highest BCUT2D eigenvalue weighted by Gasteiger charge is 2.22. The molecule has 0 aliphatic carbocycles. The van der Waals surface area contributed by atoms with Crippen LogP contribution in [0.1, 0.15) is 34.1 Å². The Morgan fingerprint density at radius 1 is 1.14 bits per heavy atom. The molecular weight excluding hydrogens is 366 g/mol. The van der Waals surface area contributed by atoms with E-state index in [1.54, 1.807) is 27.7 Å². The Kier molecular flexibility index (Phi) is 6.07. The highest BCUT2D eigenvalue weighted by molar-refractivity contribution is 5.89. The first-order chi connectivity index (χ1) is 13.0. The largest absolute Gasteiger partial charge is 0.444 e. The zero-order chi connectivity index (χ0) is 21.1. The average Bonchev–Trinajstić information content (AvgIpc) is 2.59. The van der Waals surface area contributed by atoms with Gasteiger partial charge in [-0.3, -0.25) is 14.9 Å². The number of nitrogens with one attached hydrogen (secondary N) is 1. The molecule has 9 nitrogen and oxygen atoms in total. The van der Waals surface area contributed by atoms with Gasteiger partial charge in [0.1, 0.15) is 5.60 Å². The fourth-order valence-corrected chi connectivity index (χ4v) is 2.29. The zero-order valence-corrected chi connectivity index (χ0v) is 16.4. The molecule has 0 atom stereocenters. The van der Waals surface area contributed by atoms with Crippen LogP contribution in [0.2, 0.25) is 0 Å². The number of amides is 1. The maximum Gasteiger partial charge on any atom is 0.412 e. The minimum atomic E-state index is -0.772. The van der Waals surface area contributed by atoms with E-state index in [2.05, 4.69) is 5.32 Å². The molecule has 0 aliphatic heterocycles. The summed E-state index contributed by atoms with van der Waals surface area (Å²) in [5.74, 6) is -0.717. The van der Waals surface area contributed by atoms with Gasteiger partial charge < -0.3 is 14.0 Å². The van der Waals surface area contributed by atoms with Gasteiger partial charge in [0.2, 0.25) is 0 Å². The predicted molar refractivity (Wildman–Crippen MR) is 103 cm³/mol. The van der Waals surface area contributed by atoms with Gasteiger partial charge >= 0.3 is 17.8 Å². The van der Waals surface area contributed by atoms with Gasteiger partial charge in [-0.05, 0) is 32.9 Å². The summed E-state index contributed by atoms with van der Waals surface area (Å²) in [6.07, 6.45) is 0.621. The molecule has 1 aromatic heterocycles. The summed E-state index contributed by atoms with van der Waals surface area (Å²) in [7, 11) is 1.48. The number of carbonyl (C=O) groups is 2. The van der Waals surface area contributed by atoms with Crippen LogP contribution in [0, 0.1) is 0 Å². The predicted octanol–water partition coefficient (Wildman–Crippen LogP) is 2.20. The van der Waals surface area contributed by atoms with Crippen molar-refractivity contribution in [3.63, 3.8) is 0 Å². The van der Waals surface area contributed by atoms with Gasteiger partial charge in [-0.1, -0.05) is 13.0 Å². The summed E-state index contributed by atoms with van der Waals surface area (Å²) in [6.45, 7) is 6.70. The molecular formula is C19H23N3O6. The Bertz CT molecular complexity index is 1010. The summed E-state index contributed by atoms with van der Waals surface area (Å²) < 4.78 is 12.6. The van der Waals surface area contributed by atoms with Crippen molar-refractivity contribution in [3.8, 4) is 11.4 Å². The van der Waals surface area contributed by atoms with Crippen LogP contribution in [0.5, 0.6) is 5.75 Å². The molecule has 0 saturated carbocycles. The van der Waals surface area contributed by atoms with E-state index < -0.39 is 28.9 Å². The van der Waals surface area contributed by atoms with E-state index in [1.165, 1.54) is 42.1 Å². The Hall–Kier alpha value is -3.36. The van der Waals surface area contributed by atoms with Crippen LogP contribution in [0.25, 0.3) is 5.69 Å². The third-order valence-corrected chi connectivity index (χ3v) is 3.53. The Morgan fingerprint density at radius 2 is 1.82 bits per heavy atom. The lowest BCUT2D eigenvalue weighted by molar-refractivity contribution is -0.133. The molecule has 0 saturated heterocycles. The van der Waals surface area contributed by atoms with Crippen LogP contribution in [0.15, 0.2) is 40.1 Å². The first kappa shape index (κ1) is 20.9. The number of carbonyl (C=O) groups excluding carboxylic acids is 2. The van der Waals surface area contributed by atoms with Crippen molar-refractivity contribution >= 4 is 17.7 Å². The number of rotatable bonds is 4. The molecule has 2 aromatic rings. The van der Waals surface area contributed by atoms with Gasteiger partial charge in [-0.15, -0.1) is 0 Å². The van der Waals surface area contributed by atoms with E-state index in [0.717, 1.165) is 4.57 Å². The molecule has 0 spiro atoms. The number of para-hydroxylation sites is 1. The summed E-state index contributed by atoms with van der Waals surface area (Å²) in [5.41, 5.74) is -1.86. The minimum absolute atomic E-state index is 0.0292. The van der Waals surface area contributed by atoms with E-state index >= 15 is 0 Å². The summed E-state index contributed by atoms with van der Waals surface area (Å²) in [6, 6.07) is 5.65. The first-order valence-corrected chi connectivity index (χ1v) is 8.66. The van der Waals surface area contributed by atoms with E-state index in [1.807, 2.05) is 0 Å². The summed E-state index contributed by atoms with van der Waals surface area (Å²) >= 11 is 0. The van der Waals surface area contributed by atoms with Gasteiger partial charge in [0.05, 0.1) is 11.4 Å². The van der Waals surface area contributed by atoms with Gasteiger partial charge in [-0.2, -0.15) is 0 Å². The number of nitrogens with zero attached hydrogens (tertiary/aromatic N) is 2. The smallest absolute Gasteiger partial charge is 0.412 e. The molecule has 1 N–H and O–H groups in total. The monoisotopic (exact) mass is 389 g/mol. The number of hydrogen-bond donors (Lipinski definition) is 1. The number of anilines is 1. The molecule has 1 heterocycles. The number of aryl methyl sites for hydroxylation is 1.